The van der Waals surface area contributed by atoms with E-state index < -0.39 is 5.82 Å². The molecule has 25 heavy (non-hydrogen) atoms. The highest BCUT2D eigenvalue weighted by Crippen LogP contribution is 2.24. The van der Waals surface area contributed by atoms with Gasteiger partial charge in [0.05, 0.1) is 10.6 Å². The zero-order chi connectivity index (χ0) is 17.8. The third kappa shape index (κ3) is 4.26. The van der Waals surface area contributed by atoms with Gasteiger partial charge < -0.3 is 10.6 Å². The molecule has 0 aliphatic heterocycles. The molecule has 0 aliphatic rings. The van der Waals surface area contributed by atoms with Gasteiger partial charge in [0, 0.05) is 22.6 Å². The number of amides is 1. The number of nitrogens with zero attached hydrogens (tertiary/aromatic N) is 1. The summed E-state index contributed by atoms with van der Waals surface area (Å²) in [5, 5.41) is 6.30. The number of aromatic nitrogens is 1. The topological polar surface area (TPSA) is 54.0 Å². The molecule has 4 nitrogen and oxygen atoms in total. The summed E-state index contributed by atoms with van der Waals surface area (Å²) in [6.45, 7) is 0. The fraction of sp³-hybridized carbons (Fsp3) is 0. The molecule has 1 aromatic heterocycles. The van der Waals surface area contributed by atoms with E-state index in [1.807, 2.05) is 0 Å². The summed E-state index contributed by atoms with van der Waals surface area (Å²) in [7, 11) is 0. The zero-order valence-corrected chi connectivity index (χ0v) is 14.3. The van der Waals surface area contributed by atoms with Crippen molar-refractivity contribution in [3.05, 3.63) is 82.2 Å². The quantitative estimate of drug-likeness (QED) is 0.630. The molecule has 0 fully saturated rings. The predicted molar refractivity (Wildman–Crippen MR) is 98.3 cm³/mol. The van der Waals surface area contributed by atoms with Gasteiger partial charge in [-0.15, -0.1) is 0 Å². The number of carbonyl (C=O) groups is 1. The number of carbonyl (C=O) groups excluding carboxylic acids is 1. The monoisotopic (exact) mass is 375 g/mol. The zero-order valence-electron chi connectivity index (χ0n) is 12.8. The van der Waals surface area contributed by atoms with E-state index in [1.54, 1.807) is 42.6 Å². The Balaban J connectivity index is 1.83. The minimum Gasteiger partial charge on any atom is -0.340 e. The second kappa shape index (κ2) is 7.51. The van der Waals surface area contributed by atoms with Crippen LogP contribution in [0.25, 0.3) is 0 Å². The van der Waals surface area contributed by atoms with Gasteiger partial charge >= 0.3 is 0 Å². The molecule has 3 rings (SSSR count). The SMILES string of the molecule is O=C(Nc1ccc(Cl)cc1)c1cccnc1Nc1ccc(F)c(Cl)c1. The van der Waals surface area contributed by atoms with Gasteiger partial charge in [0.15, 0.2) is 0 Å². The second-order valence-electron chi connectivity index (χ2n) is 5.11. The highest BCUT2D eigenvalue weighted by molar-refractivity contribution is 6.31. The third-order valence-corrected chi connectivity index (χ3v) is 3.88. The van der Waals surface area contributed by atoms with Crippen molar-refractivity contribution in [1.29, 1.82) is 0 Å². The predicted octanol–water partition coefficient (Wildman–Crippen LogP) is 5.52. The molecule has 0 saturated carbocycles. The summed E-state index contributed by atoms with van der Waals surface area (Å²) in [4.78, 5) is 16.7. The molecule has 0 radical (unpaired) electrons. The molecular weight excluding hydrogens is 364 g/mol. The summed E-state index contributed by atoms with van der Waals surface area (Å²) in [6.07, 6.45) is 1.55. The fourth-order valence-corrected chi connectivity index (χ4v) is 2.44. The average Bonchev–Trinajstić information content (AvgIpc) is 2.60. The van der Waals surface area contributed by atoms with Crippen molar-refractivity contribution in [2.75, 3.05) is 10.6 Å². The summed E-state index contributed by atoms with van der Waals surface area (Å²) in [5.41, 5.74) is 1.46. The van der Waals surface area contributed by atoms with E-state index in [1.165, 1.54) is 18.2 Å². The number of pyridine rings is 1. The molecule has 0 aliphatic carbocycles. The van der Waals surface area contributed by atoms with E-state index in [0.717, 1.165) is 0 Å². The van der Waals surface area contributed by atoms with Crippen LogP contribution in [0.3, 0.4) is 0 Å². The van der Waals surface area contributed by atoms with Crippen molar-refractivity contribution in [2.45, 2.75) is 0 Å². The van der Waals surface area contributed by atoms with Crippen molar-refractivity contribution in [3.8, 4) is 0 Å². The Labute approximate surface area is 153 Å². The van der Waals surface area contributed by atoms with Crippen LogP contribution in [0.2, 0.25) is 10.0 Å². The van der Waals surface area contributed by atoms with E-state index in [-0.39, 0.29) is 10.9 Å². The van der Waals surface area contributed by atoms with Gasteiger partial charge in [-0.05, 0) is 54.6 Å². The van der Waals surface area contributed by atoms with Crippen LogP contribution in [0.15, 0.2) is 60.8 Å². The molecule has 0 spiro atoms. The molecule has 1 heterocycles. The number of nitrogens with one attached hydrogen (secondary N) is 2. The minimum absolute atomic E-state index is 0.0203. The van der Waals surface area contributed by atoms with Crippen molar-refractivity contribution in [1.82, 2.24) is 4.98 Å². The first-order valence-electron chi connectivity index (χ1n) is 7.27. The molecule has 0 unspecified atom stereocenters. The lowest BCUT2D eigenvalue weighted by Crippen LogP contribution is -2.14. The van der Waals surface area contributed by atoms with Gasteiger partial charge in [-0.25, -0.2) is 9.37 Å². The van der Waals surface area contributed by atoms with Crippen LogP contribution in [-0.4, -0.2) is 10.9 Å². The highest BCUT2D eigenvalue weighted by atomic mass is 35.5. The molecule has 0 atom stereocenters. The van der Waals surface area contributed by atoms with Crippen molar-refractivity contribution < 1.29 is 9.18 Å². The third-order valence-electron chi connectivity index (χ3n) is 3.34. The smallest absolute Gasteiger partial charge is 0.259 e. The van der Waals surface area contributed by atoms with Crippen molar-refractivity contribution in [2.24, 2.45) is 0 Å². The van der Waals surface area contributed by atoms with Crippen LogP contribution in [0, 0.1) is 5.82 Å². The minimum atomic E-state index is -0.519. The first kappa shape index (κ1) is 17.2. The highest BCUT2D eigenvalue weighted by Gasteiger charge is 2.13. The molecule has 0 saturated heterocycles. The summed E-state index contributed by atoms with van der Waals surface area (Å²) < 4.78 is 13.3. The van der Waals surface area contributed by atoms with Gasteiger partial charge in [0.1, 0.15) is 11.6 Å². The van der Waals surface area contributed by atoms with Crippen LogP contribution in [0.1, 0.15) is 10.4 Å². The molecule has 2 N–H and O–H groups in total. The van der Waals surface area contributed by atoms with Gasteiger partial charge in [-0.1, -0.05) is 23.2 Å². The van der Waals surface area contributed by atoms with E-state index in [0.29, 0.717) is 27.8 Å². The van der Waals surface area contributed by atoms with Gasteiger partial charge in [-0.3, -0.25) is 4.79 Å². The molecule has 1 amide bonds. The van der Waals surface area contributed by atoms with Crippen LogP contribution >= 0.6 is 23.2 Å². The van der Waals surface area contributed by atoms with E-state index in [2.05, 4.69) is 15.6 Å². The normalized spacial score (nSPS) is 10.4. The van der Waals surface area contributed by atoms with Gasteiger partial charge in [0.2, 0.25) is 0 Å². The van der Waals surface area contributed by atoms with Gasteiger partial charge in [-0.2, -0.15) is 0 Å². The Morgan fingerprint density at radius 3 is 2.44 bits per heavy atom. The lowest BCUT2D eigenvalue weighted by molar-refractivity contribution is 0.102. The molecular formula is C18H12Cl2FN3O. The lowest BCUT2D eigenvalue weighted by Gasteiger charge is -2.11. The average molecular weight is 376 g/mol. The number of anilines is 3. The number of rotatable bonds is 4. The van der Waals surface area contributed by atoms with Crippen molar-refractivity contribution in [3.63, 3.8) is 0 Å². The standard InChI is InChI=1S/C18H12Cl2FN3O/c19-11-3-5-12(6-4-11)24-18(25)14-2-1-9-22-17(14)23-13-7-8-16(21)15(20)10-13/h1-10H,(H,22,23)(H,24,25). The molecule has 0 bridgehead atoms. The second-order valence-corrected chi connectivity index (χ2v) is 5.96. The number of hydrogen-bond acceptors (Lipinski definition) is 3. The molecule has 3 aromatic rings. The molecule has 126 valence electrons. The van der Waals surface area contributed by atoms with Gasteiger partial charge in [0.25, 0.3) is 5.91 Å². The Morgan fingerprint density at radius 2 is 1.72 bits per heavy atom. The first-order chi connectivity index (χ1) is 12.0. The van der Waals surface area contributed by atoms with Crippen LogP contribution in [0.4, 0.5) is 21.6 Å². The molecule has 2 aromatic carbocycles. The van der Waals surface area contributed by atoms with E-state index >= 15 is 0 Å². The molecule has 7 heteroatoms. The van der Waals surface area contributed by atoms with Crippen molar-refractivity contribution >= 4 is 46.3 Å². The van der Waals surface area contributed by atoms with Crippen LogP contribution < -0.4 is 10.6 Å². The Hall–Kier alpha value is -2.63. The summed E-state index contributed by atoms with van der Waals surface area (Å²) in [6, 6.07) is 14.2. The largest absolute Gasteiger partial charge is 0.340 e. The van der Waals surface area contributed by atoms with E-state index in [4.69, 9.17) is 23.2 Å². The number of halogens is 3. The Kier molecular flexibility index (Phi) is 5.16. The lowest BCUT2D eigenvalue weighted by atomic mass is 10.2. The maximum Gasteiger partial charge on any atom is 0.259 e. The summed E-state index contributed by atoms with van der Waals surface area (Å²) in [5.74, 6) is -0.531. The Morgan fingerprint density at radius 1 is 1.00 bits per heavy atom. The maximum absolute atomic E-state index is 13.3. The van der Waals surface area contributed by atoms with Crippen LogP contribution in [-0.2, 0) is 0 Å². The van der Waals surface area contributed by atoms with E-state index in [9.17, 15) is 9.18 Å². The maximum atomic E-state index is 13.3. The number of benzene rings is 2. The number of hydrogen-bond donors (Lipinski definition) is 2. The first-order valence-corrected chi connectivity index (χ1v) is 8.02. The summed E-state index contributed by atoms with van der Waals surface area (Å²) >= 11 is 11.6. The Bertz CT molecular complexity index is 916. The van der Waals surface area contributed by atoms with Crippen LogP contribution in [0.5, 0.6) is 0 Å². The fourth-order valence-electron chi connectivity index (χ4n) is 2.13.